The van der Waals surface area contributed by atoms with Crippen LogP contribution >= 0.6 is 0 Å². The van der Waals surface area contributed by atoms with E-state index in [0.717, 1.165) is 25.1 Å². The maximum Gasteiger partial charge on any atom is 0.227 e. The van der Waals surface area contributed by atoms with Gasteiger partial charge in [-0.05, 0) is 37.3 Å². The first-order valence-electron chi connectivity index (χ1n) is 8.49. The Kier molecular flexibility index (Phi) is 4.96. The first kappa shape index (κ1) is 16.0. The second-order valence-electron chi connectivity index (χ2n) is 6.39. The average molecular weight is 316 g/mol. The van der Waals surface area contributed by atoms with E-state index in [4.69, 9.17) is 0 Å². The van der Waals surface area contributed by atoms with Gasteiger partial charge in [0.2, 0.25) is 11.8 Å². The van der Waals surface area contributed by atoms with E-state index in [1.54, 1.807) is 4.90 Å². The Morgan fingerprint density at radius 3 is 2.52 bits per heavy atom. The molecular weight excluding hydrogens is 292 g/mol. The third-order valence-corrected chi connectivity index (χ3v) is 4.78. The lowest BCUT2D eigenvalue weighted by Crippen LogP contribution is -2.41. The molecule has 0 unspecified atom stereocenters. The van der Waals surface area contributed by atoms with Crippen molar-refractivity contribution in [1.29, 1.82) is 0 Å². The lowest BCUT2D eigenvalue weighted by atomic mass is 10.0. The number of nitrogens with zero attached hydrogens (tertiary/aromatic N) is 2. The number of amides is 2. The molecule has 0 aromatic heterocycles. The van der Waals surface area contributed by atoms with E-state index < -0.39 is 0 Å². The number of carbonyl (C=O) groups is 2. The van der Waals surface area contributed by atoms with E-state index >= 15 is 0 Å². The van der Waals surface area contributed by atoms with E-state index in [0.29, 0.717) is 25.9 Å². The molecule has 5 nitrogen and oxygen atoms in total. The fraction of sp³-hybridized carbons (Fsp3) is 0.556. The number of para-hydroxylation sites is 1. The summed E-state index contributed by atoms with van der Waals surface area (Å²) in [6, 6.07) is 8.01. The van der Waals surface area contributed by atoms with E-state index in [1.807, 2.05) is 23.1 Å². The van der Waals surface area contributed by atoms with Crippen LogP contribution in [-0.4, -0.2) is 47.6 Å². The number of rotatable bonds is 3. The fourth-order valence-electron chi connectivity index (χ4n) is 3.41. The molecule has 2 aliphatic heterocycles. The molecule has 0 spiro atoms. The summed E-state index contributed by atoms with van der Waals surface area (Å²) in [7, 11) is 0. The zero-order valence-corrected chi connectivity index (χ0v) is 13.4. The van der Waals surface area contributed by atoms with Crippen LogP contribution in [0.3, 0.4) is 0 Å². The molecule has 3 rings (SSSR count). The highest BCUT2D eigenvalue weighted by Crippen LogP contribution is 2.27. The first-order chi connectivity index (χ1) is 11.1. The second kappa shape index (κ2) is 7.13. The number of piperidine rings is 1. The number of anilines is 1. The molecule has 0 radical (unpaired) electrons. The molecule has 1 aromatic carbocycles. The monoisotopic (exact) mass is 316 g/mol. The highest BCUT2D eigenvalue weighted by atomic mass is 16.3. The minimum atomic E-state index is -0.287. The Hall–Kier alpha value is -1.88. The number of aryl methyl sites for hydroxylation is 1. The minimum absolute atomic E-state index is 0.0237. The zero-order valence-electron chi connectivity index (χ0n) is 13.4. The summed E-state index contributed by atoms with van der Waals surface area (Å²) in [4.78, 5) is 28.3. The van der Waals surface area contributed by atoms with Gasteiger partial charge in [0, 0.05) is 38.2 Å². The summed E-state index contributed by atoms with van der Waals surface area (Å²) in [5.74, 6) is 0.0538. The van der Waals surface area contributed by atoms with Crippen molar-refractivity contribution >= 4 is 17.5 Å². The number of fused-ring (bicyclic) bond motifs is 1. The summed E-state index contributed by atoms with van der Waals surface area (Å²) in [6.45, 7) is 1.93. The van der Waals surface area contributed by atoms with Gasteiger partial charge in [-0.2, -0.15) is 0 Å². The van der Waals surface area contributed by atoms with Gasteiger partial charge in [-0.3, -0.25) is 9.59 Å². The van der Waals surface area contributed by atoms with Crippen LogP contribution in [0, 0.1) is 0 Å². The Morgan fingerprint density at radius 2 is 1.74 bits per heavy atom. The molecule has 2 aliphatic rings. The molecular formula is C18H24N2O3. The van der Waals surface area contributed by atoms with Crippen LogP contribution in [0.1, 0.15) is 37.7 Å². The zero-order chi connectivity index (χ0) is 16.2. The van der Waals surface area contributed by atoms with Crippen LogP contribution in [0.5, 0.6) is 0 Å². The van der Waals surface area contributed by atoms with Crippen LogP contribution in [0.15, 0.2) is 24.3 Å². The highest BCUT2D eigenvalue weighted by Gasteiger charge is 2.25. The van der Waals surface area contributed by atoms with Gasteiger partial charge in [0.25, 0.3) is 0 Å². The van der Waals surface area contributed by atoms with Crippen LogP contribution in [-0.2, 0) is 16.0 Å². The average Bonchev–Trinajstić information content (AvgIpc) is 2.59. The Bertz CT molecular complexity index is 579. The van der Waals surface area contributed by atoms with Crippen molar-refractivity contribution < 1.29 is 14.7 Å². The van der Waals surface area contributed by atoms with Crippen molar-refractivity contribution in [2.24, 2.45) is 0 Å². The predicted octanol–water partition coefficient (Wildman–Crippen LogP) is 1.73. The van der Waals surface area contributed by atoms with Crippen LogP contribution < -0.4 is 4.90 Å². The van der Waals surface area contributed by atoms with E-state index in [1.165, 1.54) is 5.56 Å². The van der Waals surface area contributed by atoms with Gasteiger partial charge in [-0.15, -0.1) is 0 Å². The summed E-state index contributed by atoms with van der Waals surface area (Å²) in [6.07, 6.45) is 3.49. The molecule has 0 atom stereocenters. The molecule has 23 heavy (non-hydrogen) atoms. The number of benzene rings is 1. The lowest BCUT2D eigenvalue weighted by molar-refractivity contribution is -0.135. The number of carbonyl (C=O) groups excluding carboxylic acids is 2. The smallest absolute Gasteiger partial charge is 0.227 e. The Balaban J connectivity index is 1.55. The van der Waals surface area contributed by atoms with E-state index in [9.17, 15) is 14.7 Å². The largest absolute Gasteiger partial charge is 0.393 e. The van der Waals surface area contributed by atoms with Gasteiger partial charge in [0.05, 0.1) is 6.10 Å². The molecule has 1 saturated heterocycles. The number of aliphatic hydroxyl groups is 1. The first-order valence-corrected chi connectivity index (χ1v) is 8.49. The van der Waals surface area contributed by atoms with Crippen LogP contribution in [0.4, 0.5) is 5.69 Å². The van der Waals surface area contributed by atoms with Crippen LogP contribution in [0.2, 0.25) is 0 Å². The van der Waals surface area contributed by atoms with E-state index in [2.05, 4.69) is 6.07 Å². The van der Waals surface area contributed by atoms with Crippen molar-refractivity contribution in [2.45, 2.75) is 44.6 Å². The minimum Gasteiger partial charge on any atom is -0.393 e. The molecule has 1 aromatic rings. The highest BCUT2D eigenvalue weighted by molar-refractivity contribution is 5.96. The lowest BCUT2D eigenvalue weighted by Gasteiger charge is -2.31. The van der Waals surface area contributed by atoms with Gasteiger partial charge >= 0.3 is 0 Å². The summed E-state index contributed by atoms with van der Waals surface area (Å²) >= 11 is 0. The van der Waals surface area contributed by atoms with Crippen LogP contribution in [0.25, 0.3) is 0 Å². The molecule has 5 heteroatoms. The summed E-state index contributed by atoms with van der Waals surface area (Å²) in [5, 5.41) is 9.49. The SMILES string of the molecule is O=C(CCC(=O)N1CCCc2ccccc21)N1CCC(O)CC1. The topological polar surface area (TPSA) is 60.9 Å². The molecule has 0 aliphatic carbocycles. The standard InChI is InChI=1S/C18H24N2O3/c21-15-9-12-19(13-10-15)17(22)7-8-18(23)20-11-3-5-14-4-1-2-6-16(14)20/h1-2,4,6,15,21H,3,5,7-13H2. The van der Waals surface area contributed by atoms with Crippen molar-refractivity contribution in [3.8, 4) is 0 Å². The number of likely N-dealkylation sites (tertiary alicyclic amines) is 1. The van der Waals surface area contributed by atoms with Gasteiger partial charge in [-0.25, -0.2) is 0 Å². The maximum atomic E-state index is 12.5. The van der Waals surface area contributed by atoms with Crippen molar-refractivity contribution in [3.05, 3.63) is 29.8 Å². The second-order valence-corrected chi connectivity index (χ2v) is 6.39. The molecule has 2 heterocycles. The molecule has 0 saturated carbocycles. The number of hydrogen-bond acceptors (Lipinski definition) is 3. The quantitative estimate of drug-likeness (QED) is 0.924. The molecule has 0 bridgehead atoms. The van der Waals surface area contributed by atoms with Gasteiger partial charge in [0.1, 0.15) is 0 Å². The Morgan fingerprint density at radius 1 is 1.04 bits per heavy atom. The Labute approximate surface area is 136 Å². The maximum absolute atomic E-state index is 12.5. The summed E-state index contributed by atoms with van der Waals surface area (Å²) < 4.78 is 0. The molecule has 1 N–H and O–H groups in total. The molecule has 124 valence electrons. The van der Waals surface area contributed by atoms with E-state index in [-0.39, 0.29) is 30.8 Å². The normalized spacial score (nSPS) is 18.7. The van der Waals surface area contributed by atoms with Gasteiger partial charge in [0.15, 0.2) is 0 Å². The van der Waals surface area contributed by atoms with Crippen molar-refractivity contribution in [3.63, 3.8) is 0 Å². The fourth-order valence-corrected chi connectivity index (χ4v) is 3.41. The predicted molar refractivity (Wildman–Crippen MR) is 88.2 cm³/mol. The number of hydrogen-bond donors (Lipinski definition) is 1. The summed E-state index contributed by atoms with van der Waals surface area (Å²) in [5.41, 5.74) is 2.21. The third kappa shape index (κ3) is 3.72. The van der Waals surface area contributed by atoms with Crippen molar-refractivity contribution in [1.82, 2.24) is 4.90 Å². The molecule has 1 fully saturated rings. The van der Waals surface area contributed by atoms with Gasteiger partial charge in [-0.1, -0.05) is 18.2 Å². The molecule has 2 amide bonds. The third-order valence-electron chi connectivity index (χ3n) is 4.78. The van der Waals surface area contributed by atoms with Gasteiger partial charge < -0.3 is 14.9 Å². The number of aliphatic hydroxyl groups excluding tert-OH is 1. The van der Waals surface area contributed by atoms with Crippen molar-refractivity contribution in [2.75, 3.05) is 24.5 Å².